The highest BCUT2D eigenvalue weighted by Crippen LogP contribution is 2.48. The van der Waals surface area contributed by atoms with Gasteiger partial charge in [0.25, 0.3) is 0 Å². The van der Waals surface area contributed by atoms with Crippen molar-refractivity contribution in [3.05, 3.63) is 0 Å². The largest absolute Gasteiger partial charge is 0.345 e. The van der Waals surface area contributed by atoms with Crippen molar-refractivity contribution in [3.8, 4) is 0 Å². The smallest absolute Gasteiger partial charge is 0.227 e. The van der Waals surface area contributed by atoms with Crippen LogP contribution in [0.2, 0.25) is 0 Å². The Hall–Kier alpha value is -0.570. The summed E-state index contributed by atoms with van der Waals surface area (Å²) in [5.41, 5.74) is 6.19. The number of rotatable bonds is 3. The summed E-state index contributed by atoms with van der Waals surface area (Å²) in [5, 5.41) is 0. The van der Waals surface area contributed by atoms with Crippen LogP contribution < -0.4 is 5.73 Å². The van der Waals surface area contributed by atoms with E-state index in [1.165, 1.54) is 19.3 Å². The van der Waals surface area contributed by atoms with E-state index in [4.69, 9.17) is 5.73 Å². The Morgan fingerprint density at radius 3 is 2.50 bits per heavy atom. The minimum atomic E-state index is 0.113. The Morgan fingerprint density at radius 2 is 2.00 bits per heavy atom. The first kappa shape index (κ1) is 11.9. The molecule has 0 aromatic heterocycles. The van der Waals surface area contributed by atoms with Crippen LogP contribution in [-0.4, -0.2) is 30.4 Å². The van der Waals surface area contributed by atoms with Gasteiger partial charge in [-0.15, -0.1) is 0 Å². The van der Waals surface area contributed by atoms with Crippen LogP contribution in [0.3, 0.4) is 0 Å². The second-order valence-electron chi connectivity index (χ2n) is 6.05. The highest BCUT2D eigenvalue weighted by Gasteiger charge is 2.49. The van der Waals surface area contributed by atoms with Gasteiger partial charge in [0.05, 0.1) is 5.92 Å². The van der Waals surface area contributed by atoms with Gasteiger partial charge < -0.3 is 10.6 Å². The molecule has 4 atom stereocenters. The van der Waals surface area contributed by atoms with E-state index in [0.29, 0.717) is 17.8 Å². The minimum absolute atomic E-state index is 0.113. The molecule has 4 unspecified atom stereocenters. The molecule has 2 saturated carbocycles. The van der Waals surface area contributed by atoms with Crippen LogP contribution in [0.4, 0.5) is 0 Å². The zero-order chi connectivity index (χ0) is 11.9. The van der Waals surface area contributed by atoms with Crippen molar-refractivity contribution in [1.82, 2.24) is 4.90 Å². The van der Waals surface area contributed by atoms with Crippen LogP contribution in [0, 0.1) is 23.7 Å². The molecule has 2 fully saturated rings. The maximum Gasteiger partial charge on any atom is 0.227 e. The number of carbonyl (C=O) groups excluding carboxylic acids is 1. The van der Waals surface area contributed by atoms with E-state index >= 15 is 0 Å². The van der Waals surface area contributed by atoms with Gasteiger partial charge in [0.15, 0.2) is 0 Å². The summed E-state index contributed by atoms with van der Waals surface area (Å²) in [7, 11) is 1.92. The minimum Gasteiger partial charge on any atom is -0.345 e. The molecule has 2 aliphatic rings. The number of nitrogens with two attached hydrogens (primary N) is 1. The molecule has 2 N–H and O–H groups in total. The Balaban J connectivity index is 1.99. The van der Waals surface area contributed by atoms with Crippen LogP contribution in [0.15, 0.2) is 0 Å². The van der Waals surface area contributed by atoms with Crippen LogP contribution in [0.25, 0.3) is 0 Å². The third kappa shape index (κ3) is 1.97. The van der Waals surface area contributed by atoms with Crippen molar-refractivity contribution in [3.63, 3.8) is 0 Å². The molecular weight excluding hydrogens is 200 g/mol. The standard InChI is InChI=1S/C13H24N2O/c1-8(2)7-15(3)13(16)11-9-4-5-10(6-9)12(11)14/h8-12H,4-7,14H2,1-3H3. The zero-order valence-corrected chi connectivity index (χ0v) is 10.6. The van der Waals surface area contributed by atoms with E-state index in [9.17, 15) is 4.79 Å². The quantitative estimate of drug-likeness (QED) is 0.789. The zero-order valence-electron chi connectivity index (χ0n) is 10.6. The van der Waals surface area contributed by atoms with E-state index in [1.807, 2.05) is 11.9 Å². The van der Waals surface area contributed by atoms with Gasteiger partial charge in [-0.25, -0.2) is 0 Å². The summed E-state index contributed by atoms with van der Waals surface area (Å²) in [6.45, 7) is 5.13. The topological polar surface area (TPSA) is 46.3 Å². The summed E-state index contributed by atoms with van der Waals surface area (Å²) in [6, 6.07) is 0.126. The second kappa shape index (κ2) is 4.36. The fraction of sp³-hybridized carbons (Fsp3) is 0.923. The third-order valence-electron chi connectivity index (χ3n) is 4.28. The van der Waals surface area contributed by atoms with E-state index in [2.05, 4.69) is 13.8 Å². The molecule has 0 aromatic carbocycles. The number of amides is 1. The fourth-order valence-corrected chi connectivity index (χ4v) is 3.59. The van der Waals surface area contributed by atoms with Gasteiger partial charge in [-0.2, -0.15) is 0 Å². The molecule has 3 nitrogen and oxygen atoms in total. The van der Waals surface area contributed by atoms with Gasteiger partial charge in [0, 0.05) is 19.6 Å². The third-order valence-corrected chi connectivity index (χ3v) is 4.28. The van der Waals surface area contributed by atoms with Gasteiger partial charge in [-0.1, -0.05) is 13.8 Å². The van der Waals surface area contributed by atoms with Crippen molar-refractivity contribution >= 4 is 5.91 Å². The van der Waals surface area contributed by atoms with Crippen LogP contribution >= 0.6 is 0 Å². The molecular formula is C13H24N2O. The van der Waals surface area contributed by atoms with Crippen molar-refractivity contribution in [2.75, 3.05) is 13.6 Å². The lowest BCUT2D eigenvalue weighted by Crippen LogP contribution is -2.46. The number of nitrogens with zero attached hydrogens (tertiary/aromatic N) is 1. The molecule has 2 rings (SSSR count). The molecule has 3 heteroatoms. The molecule has 0 spiro atoms. The maximum atomic E-state index is 12.3. The molecule has 0 aliphatic heterocycles. The van der Waals surface area contributed by atoms with Crippen molar-refractivity contribution in [1.29, 1.82) is 0 Å². The number of fused-ring (bicyclic) bond motifs is 2. The molecule has 2 aliphatic carbocycles. The molecule has 0 heterocycles. The van der Waals surface area contributed by atoms with Crippen LogP contribution in [0.5, 0.6) is 0 Å². The predicted octanol–water partition coefficient (Wildman–Crippen LogP) is 1.47. The van der Waals surface area contributed by atoms with Crippen molar-refractivity contribution in [2.45, 2.75) is 39.2 Å². The Bertz CT molecular complexity index is 275. The molecule has 0 saturated heterocycles. The Kier molecular flexibility index (Phi) is 3.24. The summed E-state index contributed by atoms with van der Waals surface area (Å²) < 4.78 is 0. The molecule has 2 bridgehead atoms. The first-order valence-electron chi connectivity index (χ1n) is 6.51. The van der Waals surface area contributed by atoms with Crippen LogP contribution in [0.1, 0.15) is 33.1 Å². The lowest BCUT2D eigenvalue weighted by molar-refractivity contribution is -0.136. The van der Waals surface area contributed by atoms with E-state index in [-0.39, 0.29) is 17.9 Å². The van der Waals surface area contributed by atoms with E-state index < -0.39 is 0 Å². The average molecular weight is 224 g/mol. The van der Waals surface area contributed by atoms with Gasteiger partial charge in [-0.3, -0.25) is 4.79 Å². The number of hydrogen-bond donors (Lipinski definition) is 1. The molecule has 0 radical (unpaired) electrons. The highest BCUT2D eigenvalue weighted by molar-refractivity contribution is 5.80. The number of carbonyl (C=O) groups is 1. The predicted molar refractivity (Wildman–Crippen MR) is 64.8 cm³/mol. The molecule has 16 heavy (non-hydrogen) atoms. The molecule has 0 aromatic rings. The van der Waals surface area contributed by atoms with Crippen molar-refractivity contribution < 1.29 is 4.79 Å². The average Bonchev–Trinajstić information content (AvgIpc) is 2.75. The summed E-state index contributed by atoms with van der Waals surface area (Å²) in [5.74, 6) is 2.12. The second-order valence-corrected chi connectivity index (χ2v) is 6.05. The van der Waals surface area contributed by atoms with Crippen molar-refractivity contribution in [2.24, 2.45) is 29.4 Å². The lowest BCUT2D eigenvalue weighted by atomic mass is 9.84. The SMILES string of the molecule is CC(C)CN(C)C(=O)C1C2CCC(C2)C1N. The van der Waals surface area contributed by atoms with E-state index in [1.54, 1.807) is 0 Å². The highest BCUT2D eigenvalue weighted by atomic mass is 16.2. The summed E-state index contributed by atoms with van der Waals surface area (Å²) in [6.07, 6.45) is 3.64. The monoisotopic (exact) mass is 224 g/mol. The normalized spacial score (nSPS) is 37.1. The molecule has 92 valence electrons. The van der Waals surface area contributed by atoms with Gasteiger partial charge in [0.2, 0.25) is 5.91 Å². The van der Waals surface area contributed by atoms with Crippen LogP contribution in [-0.2, 0) is 4.79 Å². The fourth-order valence-electron chi connectivity index (χ4n) is 3.59. The maximum absolute atomic E-state index is 12.3. The number of hydrogen-bond acceptors (Lipinski definition) is 2. The Morgan fingerprint density at radius 1 is 1.38 bits per heavy atom. The van der Waals surface area contributed by atoms with Gasteiger partial charge in [0.1, 0.15) is 0 Å². The summed E-state index contributed by atoms with van der Waals surface area (Å²) >= 11 is 0. The van der Waals surface area contributed by atoms with Gasteiger partial charge in [-0.05, 0) is 37.0 Å². The summed E-state index contributed by atoms with van der Waals surface area (Å²) in [4.78, 5) is 14.2. The first-order valence-corrected chi connectivity index (χ1v) is 6.51. The van der Waals surface area contributed by atoms with E-state index in [0.717, 1.165) is 6.54 Å². The lowest BCUT2D eigenvalue weighted by Gasteiger charge is -2.31. The molecule has 1 amide bonds. The van der Waals surface area contributed by atoms with Gasteiger partial charge >= 0.3 is 0 Å². The first-order chi connectivity index (χ1) is 7.50. The Labute approximate surface area is 98.4 Å².